The first-order chi connectivity index (χ1) is 11.3. The van der Waals surface area contributed by atoms with Crippen molar-refractivity contribution in [2.24, 2.45) is 5.92 Å². The lowest BCUT2D eigenvalue weighted by molar-refractivity contribution is -0.140. The van der Waals surface area contributed by atoms with E-state index in [1.807, 2.05) is 13.0 Å². The molecule has 1 rings (SSSR count). The van der Waals surface area contributed by atoms with Crippen LogP contribution in [0.2, 0.25) is 0 Å². The third kappa shape index (κ3) is 9.98. The smallest absolute Gasteiger partial charge is 0.302 e. The number of aryl methyl sites for hydroxylation is 1. The lowest BCUT2D eigenvalue weighted by Crippen LogP contribution is -2.02. The molecule has 1 atom stereocenters. The first-order valence-electron chi connectivity index (χ1n) is 8.73. The number of benzene rings is 1. The second kappa shape index (κ2) is 12.5. The van der Waals surface area contributed by atoms with Crippen LogP contribution in [0.3, 0.4) is 0 Å². The van der Waals surface area contributed by atoms with Crippen LogP contribution < -0.4 is 0 Å². The van der Waals surface area contributed by atoms with Crippen molar-refractivity contribution in [2.75, 3.05) is 6.61 Å². The van der Waals surface area contributed by atoms with Gasteiger partial charge in [-0.2, -0.15) is 0 Å². The third-order valence-electron chi connectivity index (χ3n) is 3.72. The molecule has 0 aliphatic heterocycles. The summed E-state index contributed by atoms with van der Waals surface area (Å²) >= 11 is 0. The van der Waals surface area contributed by atoms with Crippen molar-refractivity contribution in [1.29, 1.82) is 0 Å². The van der Waals surface area contributed by atoms with E-state index in [0.29, 0.717) is 6.61 Å². The number of carbonyl (C=O) groups excluding carboxylic acids is 2. The van der Waals surface area contributed by atoms with Gasteiger partial charge in [-0.15, -0.1) is 0 Å². The van der Waals surface area contributed by atoms with Crippen molar-refractivity contribution in [1.82, 2.24) is 0 Å². The molecule has 0 bridgehead atoms. The predicted molar refractivity (Wildman–Crippen MR) is 101 cm³/mol. The first-order valence-corrected chi connectivity index (χ1v) is 8.73. The van der Waals surface area contributed by atoms with Crippen molar-refractivity contribution < 1.29 is 14.3 Å². The van der Waals surface area contributed by atoms with Crippen LogP contribution in [0.15, 0.2) is 30.3 Å². The van der Waals surface area contributed by atoms with E-state index in [-0.39, 0.29) is 17.7 Å². The number of hydrogen-bond acceptors (Lipinski definition) is 3. The van der Waals surface area contributed by atoms with Crippen LogP contribution >= 0.6 is 0 Å². The highest BCUT2D eigenvalue weighted by atomic mass is 16.5. The van der Waals surface area contributed by atoms with Crippen molar-refractivity contribution in [3.05, 3.63) is 41.5 Å². The maximum atomic E-state index is 11.2. The predicted octanol–water partition coefficient (Wildman–Crippen LogP) is 5.23. The highest BCUT2D eigenvalue weighted by Gasteiger charge is 2.05. The van der Waals surface area contributed by atoms with Gasteiger partial charge in [0.2, 0.25) is 0 Å². The number of ether oxygens (including phenoxy) is 1. The van der Waals surface area contributed by atoms with E-state index in [0.717, 1.165) is 6.42 Å². The molecule has 0 saturated heterocycles. The molecule has 1 aromatic carbocycles. The fourth-order valence-electron chi connectivity index (χ4n) is 2.11. The van der Waals surface area contributed by atoms with E-state index in [9.17, 15) is 9.59 Å². The summed E-state index contributed by atoms with van der Waals surface area (Å²) in [5.74, 6) is 0.0104. The van der Waals surface area contributed by atoms with Crippen LogP contribution in [0.1, 0.15) is 65.5 Å². The summed E-state index contributed by atoms with van der Waals surface area (Å²) in [7, 11) is 0. The number of unbranched alkanes of at least 4 members (excludes halogenated alkanes) is 1. The second-order valence-electron chi connectivity index (χ2n) is 5.97. The Morgan fingerprint density at radius 2 is 1.67 bits per heavy atom. The van der Waals surface area contributed by atoms with E-state index >= 15 is 0 Å². The molecule has 0 aromatic heterocycles. The Labute approximate surface area is 147 Å². The summed E-state index contributed by atoms with van der Waals surface area (Å²) in [6.45, 7) is 11.5. The largest absolute Gasteiger partial charge is 0.466 e. The van der Waals surface area contributed by atoms with Crippen molar-refractivity contribution in [2.45, 2.75) is 60.8 Å². The van der Waals surface area contributed by atoms with E-state index < -0.39 is 0 Å². The van der Waals surface area contributed by atoms with Crippen LogP contribution in [-0.2, 0) is 20.7 Å². The molecule has 0 spiro atoms. The van der Waals surface area contributed by atoms with E-state index in [1.54, 1.807) is 13.8 Å². The molecule has 0 amide bonds. The Bertz CT molecular complexity index is 527. The van der Waals surface area contributed by atoms with Gasteiger partial charge in [-0.1, -0.05) is 50.6 Å². The third-order valence-corrected chi connectivity index (χ3v) is 3.72. The monoisotopic (exact) mass is 332 g/mol. The van der Waals surface area contributed by atoms with Gasteiger partial charge in [0.05, 0.1) is 6.61 Å². The van der Waals surface area contributed by atoms with Crippen molar-refractivity contribution in [3.8, 4) is 0 Å². The number of carbonyl (C=O) groups is 2. The Balaban J connectivity index is 0.000000754. The lowest BCUT2D eigenvalue weighted by Gasteiger charge is -2.07. The van der Waals surface area contributed by atoms with Gasteiger partial charge in [-0.05, 0) is 50.3 Å². The number of hydrogen-bond donors (Lipinski definition) is 0. The fourth-order valence-corrected chi connectivity index (χ4v) is 2.11. The number of rotatable bonds is 7. The SMILES string of the molecule is CCCCc1ccc(/C(C)=C/C(C)C(C)=O)cc1.CCOC(C)=O. The summed E-state index contributed by atoms with van der Waals surface area (Å²) in [6.07, 6.45) is 5.68. The Kier molecular flexibility index (Phi) is 11.5. The molecule has 0 aliphatic rings. The summed E-state index contributed by atoms with van der Waals surface area (Å²) in [6, 6.07) is 8.70. The molecule has 0 N–H and O–H groups in total. The minimum atomic E-state index is -0.211. The summed E-state index contributed by atoms with van der Waals surface area (Å²) < 4.78 is 4.40. The van der Waals surface area contributed by atoms with E-state index in [4.69, 9.17) is 0 Å². The van der Waals surface area contributed by atoms with Crippen LogP contribution in [0, 0.1) is 5.92 Å². The Morgan fingerprint density at radius 3 is 2.04 bits per heavy atom. The zero-order valence-electron chi connectivity index (χ0n) is 16.0. The quantitative estimate of drug-likeness (QED) is 0.642. The highest BCUT2D eigenvalue weighted by molar-refractivity contribution is 5.82. The summed E-state index contributed by atoms with van der Waals surface area (Å²) in [5.41, 5.74) is 3.79. The molecule has 24 heavy (non-hydrogen) atoms. The van der Waals surface area contributed by atoms with Gasteiger partial charge in [0.25, 0.3) is 0 Å². The lowest BCUT2D eigenvalue weighted by atomic mass is 9.98. The molecular weight excluding hydrogens is 300 g/mol. The minimum absolute atomic E-state index is 0.00441. The Morgan fingerprint density at radius 1 is 1.08 bits per heavy atom. The van der Waals surface area contributed by atoms with E-state index in [1.165, 1.54) is 36.5 Å². The van der Waals surface area contributed by atoms with Gasteiger partial charge < -0.3 is 4.74 Å². The zero-order valence-corrected chi connectivity index (χ0v) is 16.0. The average Bonchev–Trinajstić information content (AvgIpc) is 2.53. The van der Waals surface area contributed by atoms with Gasteiger partial charge in [0.15, 0.2) is 0 Å². The maximum absolute atomic E-state index is 11.2. The summed E-state index contributed by atoms with van der Waals surface area (Å²) in [4.78, 5) is 21.1. The molecule has 3 heteroatoms. The van der Waals surface area contributed by atoms with Gasteiger partial charge in [-0.3, -0.25) is 9.59 Å². The Hall–Kier alpha value is -1.90. The molecule has 3 nitrogen and oxygen atoms in total. The van der Waals surface area contributed by atoms with Crippen LogP contribution in [0.5, 0.6) is 0 Å². The molecule has 134 valence electrons. The first kappa shape index (κ1) is 22.1. The topological polar surface area (TPSA) is 43.4 Å². The molecule has 0 heterocycles. The second-order valence-corrected chi connectivity index (χ2v) is 5.97. The molecule has 0 saturated carbocycles. The van der Waals surface area contributed by atoms with Crippen molar-refractivity contribution in [3.63, 3.8) is 0 Å². The van der Waals surface area contributed by atoms with Gasteiger partial charge in [0, 0.05) is 12.8 Å². The molecular formula is C21H32O3. The van der Waals surface area contributed by atoms with Crippen LogP contribution in [0.25, 0.3) is 5.57 Å². The molecule has 1 aromatic rings. The van der Waals surface area contributed by atoms with Gasteiger partial charge in [0.1, 0.15) is 5.78 Å². The number of ketones is 1. The number of esters is 1. The van der Waals surface area contributed by atoms with Gasteiger partial charge >= 0.3 is 5.97 Å². The van der Waals surface area contributed by atoms with Crippen LogP contribution in [0.4, 0.5) is 0 Å². The average molecular weight is 332 g/mol. The number of Topliss-reactive ketones (excluding diaryl/α,β-unsaturated/α-hetero) is 1. The van der Waals surface area contributed by atoms with Crippen LogP contribution in [-0.4, -0.2) is 18.4 Å². The minimum Gasteiger partial charge on any atom is -0.466 e. The normalized spacial score (nSPS) is 12.0. The number of allylic oxidation sites excluding steroid dienone is 2. The summed E-state index contributed by atoms with van der Waals surface area (Å²) in [5, 5.41) is 0. The van der Waals surface area contributed by atoms with Crippen molar-refractivity contribution >= 4 is 17.3 Å². The molecule has 1 unspecified atom stereocenters. The van der Waals surface area contributed by atoms with E-state index in [2.05, 4.69) is 42.8 Å². The fraction of sp³-hybridized carbons (Fsp3) is 0.524. The standard InChI is InChI=1S/C17H24O.C4H8O2/c1-5-6-7-16-8-10-17(11-9-16)14(3)12-13(2)15(4)18;1-3-6-4(2)5/h8-13H,5-7H2,1-4H3;3H2,1-2H3/b14-12+;. The molecule has 0 aliphatic carbocycles. The molecule has 0 fully saturated rings. The highest BCUT2D eigenvalue weighted by Crippen LogP contribution is 2.18. The zero-order chi connectivity index (χ0) is 18.5. The molecule has 0 radical (unpaired) electrons. The maximum Gasteiger partial charge on any atom is 0.302 e. The van der Waals surface area contributed by atoms with Gasteiger partial charge in [-0.25, -0.2) is 0 Å².